The Morgan fingerprint density at radius 1 is 0.931 bits per heavy atom. The SMILES string of the molecule is C=C1c2ccccc2C(=O)N1CC(=O)Nc1cccc(NC(=O)c2ccco2)c1. The van der Waals surface area contributed by atoms with Crippen LogP contribution < -0.4 is 10.6 Å². The van der Waals surface area contributed by atoms with Gasteiger partial charge in [0.1, 0.15) is 6.54 Å². The summed E-state index contributed by atoms with van der Waals surface area (Å²) in [5, 5.41) is 5.43. The van der Waals surface area contributed by atoms with Crippen molar-refractivity contribution in [3.05, 3.63) is 90.4 Å². The Balaban J connectivity index is 1.41. The second-order valence-corrected chi connectivity index (χ2v) is 6.44. The molecule has 1 aliphatic rings. The van der Waals surface area contributed by atoms with Crippen LogP contribution in [0.25, 0.3) is 5.70 Å². The molecule has 144 valence electrons. The molecule has 3 aromatic rings. The number of nitrogens with one attached hydrogen (secondary N) is 2. The quantitative estimate of drug-likeness (QED) is 0.700. The molecular formula is C22H17N3O4. The minimum absolute atomic E-state index is 0.157. The summed E-state index contributed by atoms with van der Waals surface area (Å²) < 4.78 is 5.06. The highest BCUT2D eigenvalue weighted by molar-refractivity contribution is 6.11. The molecule has 0 spiro atoms. The highest BCUT2D eigenvalue weighted by Gasteiger charge is 2.31. The standard InChI is InChI=1S/C22H17N3O4/c1-14-17-8-2-3-9-18(17)22(28)25(14)13-20(26)23-15-6-4-7-16(12-15)24-21(27)19-10-5-11-29-19/h2-12H,1,13H2,(H,23,26)(H,24,27). The first kappa shape index (κ1) is 18.2. The maximum atomic E-state index is 12.5. The number of nitrogens with zero attached hydrogens (tertiary/aromatic N) is 1. The molecule has 0 fully saturated rings. The van der Waals surface area contributed by atoms with Gasteiger partial charge in [0.15, 0.2) is 5.76 Å². The lowest BCUT2D eigenvalue weighted by atomic mass is 10.1. The lowest BCUT2D eigenvalue weighted by Crippen LogP contribution is -2.32. The molecule has 0 radical (unpaired) electrons. The number of anilines is 2. The molecule has 0 saturated heterocycles. The summed E-state index contributed by atoms with van der Waals surface area (Å²) >= 11 is 0. The number of carbonyl (C=O) groups excluding carboxylic acids is 3. The van der Waals surface area contributed by atoms with Crippen molar-refractivity contribution < 1.29 is 18.8 Å². The lowest BCUT2D eigenvalue weighted by Gasteiger charge is -2.17. The molecule has 3 amide bonds. The molecule has 0 aliphatic carbocycles. The lowest BCUT2D eigenvalue weighted by molar-refractivity contribution is -0.116. The van der Waals surface area contributed by atoms with Gasteiger partial charge in [0.2, 0.25) is 5.91 Å². The predicted molar refractivity (Wildman–Crippen MR) is 108 cm³/mol. The fraction of sp³-hybridized carbons (Fsp3) is 0.0455. The van der Waals surface area contributed by atoms with Crippen LogP contribution in [0.2, 0.25) is 0 Å². The largest absolute Gasteiger partial charge is 0.459 e. The number of benzene rings is 2. The number of rotatable bonds is 5. The van der Waals surface area contributed by atoms with Crippen molar-refractivity contribution in [2.24, 2.45) is 0 Å². The Labute approximate surface area is 166 Å². The van der Waals surface area contributed by atoms with Crippen LogP contribution in [0.1, 0.15) is 26.5 Å². The summed E-state index contributed by atoms with van der Waals surface area (Å²) in [6.07, 6.45) is 1.41. The van der Waals surface area contributed by atoms with E-state index in [4.69, 9.17) is 4.42 Å². The summed E-state index contributed by atoms with van der Waals surface area (Å²) in [7, 11) is 0. The number of hydrogen-bond acceptors (Lipinski definition) is 4. The Kier molecular flexibility index (Phi) is 4.70. The van der Waals surface area contributed by atoms with Gasteiger partial charge in [-0.2, -0.15) is 0 Å². The molecule has 7 nitrogen and oxygen atoms in total. The molecule has 4 rings (SSSR count). The van der Waals surface area contributed by atoms with E-state index in [1.165, 1.54) is 11.2 Å². The van der Waals surface area contributed by atoms with Crippen LogP contribution in [-0.4, -0.2) is 29.2 Å². The van der Waals surface area contributed by atoms with Crippen molar-refractivity contribution in [1.82, 2.24) is 4.90 Å². The van der Waals surface area contributed by atoms with E-state index in [-0.39, 0.29) is 24.1 Å². The van der Waals surface area contributed by atoms with Gasteiger partial charge in [-0.05, 0) is 36.4 Å². The highest BCUT2D eigenvalue weighted by atomic mass is 16.3. The third-order valence-corrected chi connectivity index (χ3v) is 4.49. The van der Waals surface area contributed by atoms with Crippen LogP contribution in [0.4, 0.5) is 11.4 Å². The van der Waals surface area contributed by atoms with Crippen molar-refractivity contribution in [2.45, 2.75) is 0 Å². The first-order valence-corrected chi connectivity index (χ1v) is 8.88. The Morgan fingerprint density at radius 3 is 2.34 bits per heavy atom. The van der Waals surface area contributed by atoms with Crippen LogP contribution >= 0.6 is 0 Å². The predicted octanol–water partition coefficient (Wildman–Crippen LogP) is 3.60. The van der Waals surface area contributed by atoms with E-state index in [1.54, 1.807) is 54.6 Å². The molecule has 2 heterocycles. The first-order chi connectivity index (χ1) is 14.0. The molecule has 1 aromatic heterocycles. The van der Waals surface area contributed by atoms with Gasteiger partial charge in [-0.25, -0.2) is 0 Å². The van der Waals surface area contributed by atoms with E-state index < -0.39 is 5.91 Å². The molecule has 0 bridgehead atoms. The van der Waals surface area contributed by atoms with Crippen LogP contribution in [0.5, 0.6) is 0 Å². The van der Waals surface area contributed by atoms with Gasteiger partial charge < -0.3 is 15.1 Å². The van der Waals surface area contributed by atoms with Crippen molar-refractivity contribution in [3.63, 3.8) is 0 Å². The summed E-state index contributed by atoms with van der Waals surface area (Å²) in [4.78, 5) is 38.4. The zero-order valence-electron chi connectivity index (χ0n) is 15.3. The summed E-state index contributed by atoms with van der Waals surface area (Å²) in [6, 6.07) is 17.0. The van der Waals surface area contributed by atoms with Crippen LogP contribution in [0.15, 0.2) is 77.9 Å². The van der Waals surface area contributed by atoms with Gasteiger partial charge in [-0.3, -0.25) is 19.3 Å². The van der Waals surface area contributed by atoms with E-state index in [9.17, 15) is 14.4 Å². The van der Waals surface area contributed by atoms with Crippen LogP contribution in [0, 0.1) is 0 Å². The molecular weight excluding hydrogens is 370 g/mol. The van der Waals surface area contributed by atoms with E-state index in [2.05, 4.69) is 17.2 Å². The van der Waals surface area contributed by atoms with Crippen LogP contribution in [-0.2, 0) is 4.79 Å². The fourth-order valence-corrected chi connectivity index (χ4v) is 3.12. The van der Waals surface area contributed by atoms with E-state index in [1.807, 2.05) is 6.07 Å². The number of hydrogen-bond donors (Lipinski definition) is 2. The molecule has 29 heavy (non-hydrogen) atoms. The smallest absolute Gasteiger partial charge is 0.291 e. The zero-order valence-corrected chi connectivity index (χ0v) is 15.3. The van der Waals surface area contributed by atoms with Gasteiger partial charge in [0.05, 0.1) is 6.26 Å². The van der Waals surface area contributed by atoms with Gasteiger partial charge in [0.25, 0.3) is 11.8 Å². The zero-order chi connectivity index (χ0) is 20.4. The Hall–Kier alpha value is -4.13. The summed E-state index contributed by atoms with van der Waals surface area (Å²) in [6.45, 7) is 3.77. The highest BCUT2D eigenvalue weighted by Crippen LogP contribution is 2.30. The second kappa shape index (κ2) is 7.47. The van der Waals surface area contributed by atoms with E-state index in [0.717, 1.165) is 5.56 Å². The van der Waals surface area contributed by atoms with Crippen LogP contribution in [0.3, 0.4) is 0 Å². The normalized spacial score (nSPS) is 12.6. The first-order valence-electron chi connectivity index (χ1n) is 8.88. The molecule has 0 saturated carbocycles. The second-order valence-electron chi connectivity index (χ2n) is 6.44. The minimum atomic E-state index is -0.393. The minimum Gasteiger partial charge on any atom is -0.459 e. The summed E-state index contributed by atoms with van der Waals surface area (Å²) in [5.41, 5.74) is 2.75. The monoisotopic (exact) mass is 387 g/mol. The third kappa shape index (κ3) is 3.66. The number of amides is 3. The average Bonchev–Trinajstić information content (AvgIpc) is 3.33. The van der Waals surface area contributed by atoms with E-state index >= 15 is 0 Å². The van der Waals surface area contributed by atoms with Gasteiger partial charge in [-0.15, -0.1) is 0 Å². The number of fused-ring (bicyclic) bond motifs is 1. The third-order valence-electron chi connectivity index (χ3n) is 4.49. The maximum Gasteiger partial charge on any atom is 0.291 e. The number of carbonyl (C=O) groups is 3. The van der Waals surface area contributed by atoms with Crippen molar-refractivity contribution in [3.8, 4) is 0 Å². The Morgan fingerprint density at radius 2 is 1.66 bits per heavy atom. The van der Waals surface area contributed by atoms with E-state index in [0.29, 0.717) is 22.6 Å². The average molecular weight is 387 g/mol. The molecule has 2 N–H and O–H groups in total. The molecule has 0 unspecified atom stereocenters. The van der Waals surface area contributed by atoms with Crippen molar-refractivity contribution >= 4 is 34.8 Å². The summed E-state index contributed by atoms with van der Waals surface area (Å²) in [5.74, 6) is -0.831. The fourth-order valence-electron chi connectivity index (χ4n) is 3.12. The van der Waals surface area contributed by atoms with Gasteiger partial charge in [-0.1, -0.05) is 30.8 Å². The molecule has 7 heteroatoms. The molecule has 0 atom stereocenters. The maximum absolute atomic E-state index is 12.5. The topological polar surface area (TPSA) is 91.7 Å². The Bertz CT molecular complexity index is 1080. The van der Waals surface area contributed by atoms with Crippen molar-refractivity contribution in [2.75, 3.05) is 17.2 Å². The molecule has 2 aromatic carbocycles. The van der Waals surface area contributed by atoms with Gasteiger partial charge in [0, 0.05) is 28.2 Å². The molecule has 1 aliphatic heterocycles. The van der Waals surface area contributed by atoms with Gasteiger partial charge >= 0.3 is 0 Å². The number of furan rings is 1. The van der Waals surface area contributed by atoms with Crippen molar-refractivity contribution in [1.29, 1.82) is 0 Å².